The molecule has 1 amide bonds. The number of H-pyrrole nitrogens is 1. The lowest BCUT2D eigenvalue weighted by atomic mass is 10.1. The van der Waals surface area contributed by atoms with E-state index >= 15 is 0 Å². The second kappa shape index (κ2) is 7.95. The van der Waals surface area contributed by atoms with Gasteiger partial charge in [0.05, 0.1) is 24.1 Å². The molecule has 3 aromatic rings. The van der Waals surface area contributed by atoms with Crippen LogP contribution in [0.3, 0.4) is 0 Å². The van der Waals surface area contributed by atoms with Crippen molar-refractivity contribution in [1.29, 1.82) is 0 Å². The van der Waals surface area contributed by atoms with Gasteiger partial charge in [-0.25, -0.2) is 5.10 Å². The molecule has 0 aliphatic carbocycles. The lowest BCUT2D eigenvalue weighted by Crippen LogP contribution is -2.26. The molecular formula is C22H23N3O4. The first-order valence-corrected chi connectivity index (χ1v) is 9.73. The predicted molar refractivity (Wildman–Crippen MR) is 109 cm³/mol. The van der Waals surface area contributed by atoms with Crippen molar-refractivity contribution in [1.82, 2.24) is 15.5 Å². The fraction of sp³-hybridized carbons (Fsp3) is 0.318. The highest BCUT2D eigenvalue weighted by Gasteiger charge is 2.22. The van der Waals surface area contributed by atoms with Crippen molar-refractivity contribution in [3.8, 4) is 11.5 Å². The molecule has 0 saturated heterocycles. The van der Waals surface area contributed by atoms with E-state index in [2.05, 4.69) is 15.5 Å². The Morgan fingerprint density at radius 1 is 1.31 bits per heavy atom. The molecule has 1 aromatic heterocycles. The molecule has 7 heteroatoms. The lowest BCUT2D eigenvalue weighted by Gasteiger charge is -2.13. The number of hydrogen-bond donors (Lipinski definition) is 2. The Labute approximate surface area is 168 Å². The van der Waals surface area contributed by atoms with E-state index in [0.29, 0.717) is 29.6 Å². The van der Waals surface area contributed by atoms with Gasteiger partial charge in [0.2, 0.25) is 5.91 Å². The maximum atomic E-state index is 12.6. The zero-order valence-corrected chi connectivity index (χ0v) is 16.5. The molecule has 0 spiro atoms. The predicted octanol–water partition coefficient (Wildman–Crippen LogP) is 2.50. The van der Waals surface area contributed by atoms with Gasteiger partial charge in [0, 0.05) is 29.5 Å². The van der Waals surface area contributed by atoms with Crippen LogP contribution in [-0.2, 0) is 24.2 Å². The van der Waals surface area contributed by atoms with Crippen LogP contribution >= 0.6 is 0 Å². The topological polar surface area (TPSA) is 93.3 Å². The first-order chi connectivity index (χ1) is 14.0. The Morgan fingerprint density at radius 3 is 2.90 bits per heavy atom. The molecule has 0 bridgehead atoms. The van der Waals surface area contributed by atoms with E-state index in [4.69, 9.17) is 9.47 Å². The SMILES string of the molecule is CCOc1cc2c(cc1CNC(=O)Cc1n[nH]c(=O)c3ccccc13)O[C@H](C)C2. The standard InChI is InChI=1S/C22H23N3O4/c1-3-28-19-9-14-8-13(2)29-20(14)10-15(19)12-23-21(26)11-18-16-6-4-5-7-17(16)22(27)25-24-18/h4-7,9-10,13H,3,8,11-12H2,1-2H3,(H,23,26)(H,25,27)/t13-/m1/s1. The Kier molecular flexibility index (Phi) is 5.20. The summed E-state index contributed by atoms with van der Waals surface area (Å²) in [6.07, 6.45) is 1.07. The molecule has 1 aliphatic heterocycles. The number of hydrogen-bond acceptors (Lipinski definition) is 5. The van der Waals surface area contributed by atoms with Crippen molar-refractivity contribution in [2.75, 3.05) is 6.61 Å². The minimum Gasteiger partial charge on any atom is -0.494 e. The van der Waals surface area contributed by atoms with Gasteiger partial charge in [-0.1, -0.05) is 18.2 Å². The summed E-state index contributed by atoms with van der Waals surface area (Å²) in [5.74, 6) is 1.42. The summed E-state index contributed by atoms with van der Waals surface area (Å²) < 4.78 is 11.6. The molecule has 1 aliphatic rings. The molecule has 1 atom stereocenters. The van der Waals surface area contributed by atoms with Gasteiger partial charge in [0.25, 0.3) is 5.56 Å². The third-order valence-corrected chi connectivity index (χ3v) is 4.96. The van der Waals surface area contributed by atoms with Crippen molar-refractivity contribution in [3.05, 3.63) is 63.6 Å². The fourth-order valence-electron chi connectivity index (χ4n) is 3.62. The number of rotatable bonds is 6. The van der Waals surface area contributed by atoms with Crippen molar-refractivity contribution >= 4 is 16.7 Å². The van der Waals surface area contributed by atoms with Crippen molar-refractivity contribution in [2.45, 2.75) is 39.3 Å². The summed E-state index contributed by atoms with van der Waals surface area (Å²) >= 11 is 0. The van der Waals surface area contributed by atoms with Gasteiger partial charge in [-0.3, -0.25) is 9.59 Å². The van der Waals surface area contributed by atoms with Gasteiger partial charge in [-0.2, -0.15) is 5.10 Å². The first-order valence-electron chi connectivity index (χ1n) is 9.73. The van der Waals surface area contributed by atoms with Crippen LogP contribution in [0.1, 0.15) is 30.7 Å². The highest BCUT2D eigenvalue weighted by molar-refractivity contribution is 5.88. The van der Waals surface area contributed by atoms with Crippen molar-refractivity contribution in [3.63, 3.8) is 0 Å². The molecular weight excluding hydrogens is 370 g/mol. The zero-order valence-electron chi connectivity index (χ0n) is 16.5. The van der Waals surface area contributed by atoms with E-state index in [-0.39, 0.29) is 24.0 Å². The maximum absolute atomic E-state index is 12.6. The number of ether oxygens (including phenoxy) is 2. The van der Waals surface area contributed by atoms with E-state index in [1.807, 2.05) is 32.0 Å². The first kappa shape index (κ1) is 19.0. The normalized spacial score (nSPS) is 15.0. The minimum atomic E-state index is -0.265. The Balaban J connectivity index is 1.50. The summed E-state index contributed by atoms with van der Waals surface area (Å²) in [7, 11) is 0. The van der Waals surface area contributed by atoms with Crippen LogP contribution in [0, 0.1) is 0 Å². The van der Waals surface area contributed by atoms with Gasteiger partial charge in [0.15, 0.2) is 0 Å². The molecule has 2 N–H and O–H groups in total. The summed E-state index contributed by atoms with van der Waals surface area (Å²) in [5, 5.41) is 10.6. The summed E-state index contributed by atoms with van der Waals surface area (Å²) in [6.45, 7) is 4.83. The quantitative estimate of drug-likeness (QED) is 0.671. The molecule has 29 heavy (non-hydrogen) atoms. The van der Waals surface area contributed by atoms with E-state index < -0.39 is 0 Å². The third kappa shape index (κ3) is 3.94. The van der Waals surface area contributed by atoms with Crippen molar-refractivity contribution < 1.29 is 14.3 Å². The highest BCUT2D eigenvalue weighted by atomic mass is 16.5. The smallest absolute Gasteiger partial charge is 0.272 e. The summed E-state index contributed by atoms with van der Waals surface area (Å²) in [6, 6.07) is 11.1. The zero-order chi connectivity index (χ0) is 20.4. The molecule has 0 saturated carbocycles. The number of amides is 1. The number of aromatic amines is 1. The Morgan fingerprint density at radius 2 is 2.10 bits per heavy atom. The van der Waals surface area contributed by atoms with E-state index in [1.165, 1.54) is 0 Å². The summed E-state index contributed by atoms with van der Waals surface area (Å²) in [4.78, 5) is 24.5. The molecule has 150 valence electrons. The van der Waals surface area contributed by atoms with Gasteiger partial charge in [-0.05, 0) is 32.0 Å². The van der Waals surface area contributed by atoms with Crippen LogP contribution in [0.4, 0.5) is 0 Å². The molecule has 0 unspecified atom stereocenters. The number of carbonyl (C=O) groups is 1. The van der Waals surface area contributed by atoms with Crippen LogP contribution in [-0.4, -0.2) is 28.8 Å². The van der Waals surface area contributed by atoms with Crippen LogP contribution in [0.2, 0.25) is 0 Å². The van der Waals surface area contributed by atoms with Crippen molar-refractivity contribution in [2.24, 2.45) is 0 Å². The number of benzene rings is 2. The van der Waals surface area contributed by atoms with Gasteiger partial charge in [0.1, 0.15) is 17.6 Å². The van der Waals surface area contributed by atoms with Crippen LogP contribution in [0.15, 0.2) is 41.2 Å². The summed E-state index contributed by atoms with van der Waals surface area (Å²) in [5.41, 5.74) is 2.26. The lowest BCUT2D eigenvalue weighted by molar-refractivity contribution is -0.120. The fourth-order valence-corrected chi connectivity index (χ4v) is 3.62. The van der Waals surface area contributed by atoms with E-state index in [1.54, 1.807) is 18.2 Å². The van der Waals surface area contributed by atoms with E-state index in [9.17, 15) is 9.59 Å². The Hall–Kier alpha value is -3.35. The molecule has 4 rings (SSSR count). The van der Waals surface area contributed by atoms with Gasteiger partial charge >= 0.3 is 0 Å². The second-order valence-electron chi connectivity index (χ2n) is 7.13. The Bertz CT molecular complexity index is 1120. The number of aromatic nitrogens is 2. The number of nitrogens with zero attached hydrogens (tertiary/aromatic N) is 1. The second-order valence-corrected chi connectivity index (χ2v) is 7.13. The molecule has 2 aromatic carbocycles. The monoisotopic (exact) mass is 393 g/mol. The van der Waals surface area contributed by atoms with Crippen LogP contribution in [0.25, 0.3) is 10.8 Å². The van der Waals surface area contributed by atoms with Crippen LogP contribution < -0.4 is 20.3 Å². The van der Waals surface area contributed by atoms with Crippen LogP contribution in [0.5, 0.6) is 11.5 Å². The average Bonchev–Trinajstić information content (AvgIpc) is 3.07. The van der Waals surface area contributed by atoms with Gasteiger partial charge < -0.3 is 14.8 Å². The van der Waals surface area contributed by atoms with Gasteiger partial charge in [-0.15, -0.1) is 0 Å². The molecule has 7 nitrogen and oxygen atoms in total. The largest absolute Gasteiger partial charge is 0.494 e. The number of nitrogens with one attached hydrogen (secondary N) is 2. The molecule has 0 radical (unpaired) electrons. The number of carbonyl (C=O) groups excluding carboxylic acids is 1. The van der Waals surface area contributed by atoms with E-state index in [0.717, 1.165) is 29.0 Å². The number of fused-ring (bicyclic) bond motifs is 2. The highest BCUT2D eigenvalue weighted by Crippen LogP contribution is 2.35. The minimum absolute atomic E-state index is 0.0692. The molecule has 2 heterocycles. The third-order valence-electron chi connectivity index (χ3n) is 4.96. The maximum Gasteiger partial charge on any atom is 0.272 e. The molecule has 0 fully saturated rings. The average molecular weight is 393 g/mol.